The molecule has 1 unspecified atom stereocenters. The first-order chi connectivity index (χ1) is 15.2. The Hall–Kier alpha value is -1.29. The van der Waals surface area contributed by atoms with Crippen LogP contribution in [0.25, 0.3) is 0 Å². The molecule has 0 bridgehead atoms. The fourth-order valence-corrected chi connectivity index (χ4v) is 7.42. The lowest BCUT2D eigenvalue weighted by Gasteiger charge is -2.51. The van der Waals surface area contributed by atoms with Gasteiger partial charge in [-0.15, -0.1) is 12.4 Å². The van der Waals surface area contributed by atoms with Crippen LogP contribution in [0, 0.1) is 17.6 Å². The van der Waals surface area contributed by atoms with Crippen LogP contribution in [0.5, 0.6) is 0 Å². The van der Waals surface area contributed by atoms with E-state index < -0.39 is 33.1 Å². The Bertz CT molecular complexity index is 932. The maximum absolute atomic E-state index is 14.0. The van der Waals surface area contributed by atoms with E-state index in [4.69, 9.17) is 0 Å². The van der Waals surface area contributed by atoms with Gasteiger partial charge in [-0.1, -0.05) is 25.3 Å². The smallest absolute Gasteiger partial charge is 0.257 e. The molecule has 2 aliphatic carbocycles. The number of halogens is 3. The van der Waals surface area contributed by atoms with Gasteiger partial charge >= 0.3 is 0 Å². The molecule has 10 heteroatoms. The standard InChI is InChI=1S/C23H33F2N3O3S.ClH/c1-17-14-27(12-13-28(17)32(30,31)15-18-8-9-18)23(10-3-2-4-11-23)16-26-22(29)21-19(24)6-5-7-20(21)25;/h5-7,17-18H,2-4,8-16H2,1H3,(H,26,29);1H. The Morgan fingerprint density at radius 3 is 2.33 bits per heavy atom. The van der Waals surface area contributed by atoms with Crippen molar-refractivity contribution in [1.82, 2.24) is 14.5 Å². The lowest BCUT2D eigenvalue weighted by Crippen LogP contribution is -2.64. The number of amides is 1. The summed E-state index contributed by atoms with van der Waals surface area (Å²) in [5.41, 5.74) is -0.876. The van der Waals surface area contributed by atoms with Crippen molar-refractivity contribution in [2.75, 3.05) is 31.9 Å². The zero-order valence-corrected chi connectivity index (χ0v) is 20.7. The van der Waals surface area contributed by atoms with Gasteiger partial charge in [0, 0.05) is 37.8 Å². The summed E-state index contributed by atoms with van der Waals surface area (Å²) in [7, 11) is -3.26. The Balaban J connectivity index is 0.00000306. The molecule has 6 nitrogen and oxygen atoms in total. The second-order valence-corrected chi connectivity index (χ2v) is 11.7. The molecule has 1 aromatic carbocycles. The van der Waals surface area contributed by atoms with Crippen LogP contribution in [-0.4, -0.2) is 67.0 Å². The Labute approximate surface area is 201 Å². The lowest BCUT2D eigenvalue weighted by molar-refractivity contribution is 0.00774. The van der Waals surface area contributed by atoms with E-state index in [0.717, 1.165) is 57.1 Å². The van der Waals surface area contributed by atoms with Gasteiger partial charge in [-0.2, -0.15) is 4.31 Å². The summed E-state index contributed by atoms with van der Waals surface area (Å²) in [6.07, 6.45) is 6.88. The number of hydrogen-bond acceptors (Lipinski definition) is 4. The third-order valence-electron chi connectivity index (χ3n) is 7.29. The van der Waals surface area contributed by atoms with Gasteiger partial charge < -0.3 is 5.32 Å². The van der Waals surface area contributed by atoms with Crippen molar-refractivity contribution in [3.8, 4) is 0 Å². The van der Waals surface area contributed by atoms with Gasteiger partial charge in [-0.25, -0.2) is 17.2 Å². The average Bonchev–Trinajstić information content (AvgIpc) is 3.56. The number of hydrogen-bond donors (Lipinski definition) is 1. The maximum Gasteiger partial charge on any atom is 0.257 e. The molecule has 1 saturated heterocycles. The van der Waals surface area contributed by atoms with Crippen molar-refractivity contribution in [2.45, 2.75) is 63.5 Å². The van der Waals surface area contributed by atoms with Crippen molar-refractivity contribution < 1.29 is 22.0 Å². The quantitative estimate of drug-likeness (QED) is 0.615. The minimum atomic E-state index is -3.26. The highest BCUT2D eigenvalue weighted by molar-refractivity contribution is 7.89. The number of carbonyl (C=O) groups excluding carboxylic acids is 1. The minimum Gasteiger partial charge on any atom is -0.350 e. The highest BCUT2D eigenvalue weighted by Crippen LogP contribution is 2.36. The predicted molar refractivity (Wildman–Crippen MR) is 126 cm³/mol. The highest BCUT2D eigenvalue weighted by atomic mass is 35.5. The molecule has 3 fully saturated rings. The summed E-state index contributed by atoms with van der Waals surface area (Å²) in [4.78, 5) is 14.9. The molecular weight excluding hydrogens is 472 g/mol. The second-order valence-electron chi connectivity index (χ2n) is 9.69. The molecule has 0 radical (unpaired) electrons. The average molecular weight is 506 g/mol. The van der Waals surface area contributed by atoms with E-state index in [1.54, 1.807) is 4.31 Å². The van der Waals surface area contributed by atoms with Gasteiger partial charge in [0.25, 0.3) is 5.91 Å². The summed E-state index contributed by atoms with van der Waals surface area (Å²) in [5, 5.41) is 2.79. The zero-order valence-electron chi connectivity index (χ0n) is 19.1. The number of benzene rings is 1. The van der Waals surface area contributed by atoms with E-state index >= 15 is 0 Å². The number of rotatable bonds is 7. The number of nitrogens with one attached hydrogen (secondary N) is 1. The number of nitrogens with zero attached hydrogens (tertiary/aromatic N) is 2. The Morgan fingerprint density at radius 1 is 1.12 bits per heavy atom. The van der Waals surface area contributed by atoms with Crippen LogP contribution < -0.4 is 5.32 Å². The topological polar surface area (TPSA) is 69.7 Å². The molecule has 3 aliphatic rings. The van der Waals surface area contributed by atoms with Crippen LogP contribution in [0.15, 0.2) is 18.2 Å². The molecule has 0 aromatic heterocycles. The van der Waals surface area contributed by atoms with E-state index in [1.807, 2.05) is 6.92 Å². The SMILES string of the molecule is CC1CN(C2(CNC(=O)c3c(F)cccc3F)CCCCC2)CCN1S(=O)(=O)CC1CC1.Cl. The third kappa shape index (κ3) is 5.86. The molecule has 33 heavy (non-hydrogen) atoms. The first-order valence-electron chi connectivity index (χ1n) is 11.7. The van der Waals surface area contributed by atoms with Gasteiger partial charge in [0.1, 0.15) is 17.2 Å². The van der Waals surface area contributed by atoms with Crippen LogP contribution in [0.3, 0.4) is 0 Å². The molecule has 186 valence electrons. The van der Waals surface area contributed by atoms with Gasteiger partial charge in [-0.3, -0.25) is 9.69 Å². The zero-order chi connectivity index (χ0) is 22.9. The largest absolute Gasteiger partial charge is 0.350 e. The summed E-state index contributed by atoms with van der Waals surface area (Å²) in [6, 6.07) is 3.25. The van der Waals surface area contributed by atoms with Gasteiger partial charge in [-0.05, 0) is 50.7 Å². The van der Waals surface area contributed by atoms with Gasteiger partial charge in [0.15, 0.2) is 0 Å². The number of piperazine rings is 1. The van der Waals surface area contributed by atoms with E-state index in [-0.39, 0.29) is 29.7 Å². The molecule has 0 spiro atoms. The monoisotopic (exact) mass is 505 g/mol. The van der Waals surface area contributed by atoms with Crippen LogP contribution in [-0.2, 0) is 10.0 Å². The predicted octanol–water partition coefficient (Wildman–Crippen LogP) is 3.57. The van der Waals surface area contributed by atoms with Crippen molar-refractivity contribution >= 4 is 28.3 Å². The Morgan fingerprint density at radius 2 is 1.76 bits per heavy atom. The summed E-state index contributed by atoms with van der Waals surface area (Å²) in [5.74, 6) is -1.94. The molecule has 2 saturated carbocycles. The van der Waals surface area contributed by atoms with Crippen LogP contribution >= 0.6 is 12.4 Å². The highest BCUT2D eigenvalue weighted by Gasteiger charge is 2.44. The van der Waals surface area contributed by atoms with Crippen molar-refractivity contribution in [3.05, 3.63) is 35.4 Å². The first kappa shape index (κ1) is 26.3. The molecule has 4 rings (SSSR count). The molecule has 1 N–H and O–H groups in total. The third-order valence-corrected chi connectivity index (χ3v) is 9.44. The normalized spacial score (nSPS) is 24.2. The van der Waals surface area contributed by atoms with Crippen molar-refractivity contribution in [3.63, 3.8) is 0 Å². The van der Waals surface area contributed by atoms with Crippen molar-refractivity contribution in [2.24, 2.45) is 5.92 Å². The summed E-state index contributed by atoms with van der Waals surface area (Å²) in [6.45, 7) is 3.86. The molecule has 1 heterocycles. The summed E-state index contributed by atoms with van der Waals surface area (Å²) < 4.78 is 55.4. The van der Waals surface area contributed by atoms with Gasteiger partial charge in [0.05, 0.1) is 5.75 Å². The van der Waals surface area contributed by atoms with Crippen LogP contribution in [0.1, 0.15) is 62.2 Å². The van der Waals surface area contributed by atoms with Crippen molar-refractivity contribution in [1.29, 1.82) is 0 Å². The number of carbonyl (C=O) groups is 1. The maximum atomic E-state index is 14.0. The number of sulfonamides is 1. The van der Waals surface area contributed by atoms with E-state index in [0.29, 0.717) is 32.1 Å². The molecule has 1 amide bonds. The molecular formula is C23H34ClF2N3O3S. The van der Waals surface area contributed by atoms with Gasteiger partial charge in [0.2, 0.25) is 10.0 Å². The minimum absolute atomic E-state index is 0. The first-order valence-corrected chi connectivity index (χ1v) is 13.3. The fraction of sp³-hybridized carbons (Fsp3) is 0.696. The van der Waals surface area contributed by atoms with Crippen LogP contribution in [0.4, 0.5) is 8.78 Å². The fourth-order valence-electron chi connectivity index (χ4n) is 5.33. The van der Waals surface area contributed by atoms with Crippen LogP contribution in [0.2, 0.25) is 0 Å². The van der Waals surface area contributed by atoms with E-state index in [9.17, 15) is 22.0 Å². The molecule has 1 aliphatic heterocycles. The molecule has 1 aromatic rings. The second kappa shape index (κ2) is 10.5. The van der Waals surface area contributed by atoms with E-state index in [1.165, 1.54) is 6.07 Å². The molecule has 1 atom stereocenters. The lowest BCUT2D eigenvalue weighted by atomic mass is 9.79. The summed E-state index contributed by atoms with van der Waals surface area (Å²) >= 11 is 0. The van der Waals surface area contributed by atoms with E-state index in [2.05, 4.69) is 10.2 Å². The Kier molecular flexibility index (Phi) is 8.41.